The van der Waals surface area contributed by atoms with Crippen molar-refractivity contribution in [3.8, 4) is 0 Å². The molecule has 2 N–H and O–H groups in total. The normalized spacial score (nSPS) is 20.7. The molecule has 0 amide bonds. The van der Waals surface area contributed by atoms with Crippen LogP contribution in [0.15, 0.2) is 47.4 Å². The number of hydrogen-bond donors (Lipinski definition) is 2. The number of nitrogens with zero attached hydrogens (tertiary/aromatic N) is 1. The summed E-state index contributed by atoms with van der Waals surface area (Å²) in [6, 6.07) is 13.6. The van der Waals surface area contributed by atoms with Crippen molar-refractivity contribution in [3.63, 3.8) is 0 Å². The van der Waals surface area contributed by atoms with Gasteiger partial charge in [0.25, 0.3) is 0 Å². The van der Waals surface area contributed by atoms with E-state index in [9.17, 15) is 4.21 Å². The van der Waals surface area contributed by atoms with Crippen molar-refractivity contribution >= 4 is 21.5 Å². The maximum absolute atomic E-state index is 12.1. The highest BCUT2D eigenvalue weighted by atomic mass is 35.5. The number of nitrogens with one attached hydrogen (secondary N) is 2. The molecule has 1 heterocycles. The lowest BCUT2D eigenvalue weighted by molar-refractivity contribution is 0.295. The fraction of sp³-hybridized carbons (Fsp3) is 0.294. The van der Waals surface area contributed by atoms with Gasteiger partial charge in [-0.15, -0.1) is 0 Å². The fourth-order valence-electron chi connectivity index (χ4n) is 3.09. The summed E-state index contributed by atoms with van der Waals surface area (Å²) < 4.78 is 22.4. The Kier molecular flexibility index (Phi) is 4.47. The Morgan fingerprint density at radius 1 is 1.26 bits per heavy atom. The fourth-order valence-corrected chi connectivity index (χ4v) is 4.03. The van der Waals surface area contributed by atoms with E-state index in [0.29, 0.717) is 4.90 Å². The molecule has 6 heteroatoms. The van der Waals surface area contributed by atoms with Crippen LogP contribution in [0.2, 0.25) is 5.02 Å². The van der Waals surface area contributed by atoms with Gasteiger partial charge >= 0.3 is 0 Å². The van der Waals surface area contributed by atoms with Crippen LogP contribution < -0.4 is 4.72 Å². The molecule has 0 aromatic heterocycles. The van der Waals surface area contributed by atoms with Crippen molar-refractivity contribution in [2.24, 2.45) is 0 Å². The number of halogens is 1. The summed E-state index contributed by atoms with van der Waals surface area (Å²) in [5, 5.41) is 0.749. The minimum absolute atomic E-state index is 0.230. The summed E-state index contributed by atoms with van der Waals surface area (Å²) in [6.07, 6.45) is 0. The quantitative estimate of drug-likeness (QED) is 0.891. The van der Waals surface area contributed by atoms with Crippen LogP contribution in [0, 0.1) is 4.78 Å². The Morgan fingerprint density at radius 2 is 1.96 bits per heavy atom. The van der Waals surface area contributed by atoms with E-state index in [1.54, 1.807) is 12.1 Å². The molecule has 23 heavy (non-hydrogen) atoms. The lowest BCUT2D eigenvalue weighted by Crippen LogP contribution is -2.31. The molecule has 1 aliphatic rings. The Morgan fingerprint density at radius 3 is 2.61 bits per heavy atom. The van der Waals surface area contributed by atoms with Crippen molar-refractivity contribution in [2.45, 2.75) is 17.4 Å². The molecule has 0 spiro atoms. The molecule has 4 nitrogen and oxygen atoms in total. The van der Waals surface area contributed by atoms with Gasteiger partial charge in [0.1, 0.15) is 9.92 Å². The molecule has 2 atom stereocenters. The molecule has 0 saturated heterocycles. The number of fused-ring (bicyclic) bond motifs is 1. The largest absolute Gasteiger partial charge is 0.301 e. The topological polar surface area (TPSA) is 56.2 Å². The van der Waals surface area contributed by atoms with Gasteiger partial charge in [-0.05, 0) is 55.1 Å². The van der Waals surface area contributed by atoms with E-state index < -0.39 is 9.92 Å². The smallest absolute Gasteiger partial charge is 0.134 e. The van der Waals surface area contributed by atoms with Gasteiger partial charge in [-0.3, -0.25) is 0 Å². The number of likely N-dealkylation sites (N-methyl/N-ethyl adjacent to an activating group) is 1. The Bertz CT molecular complexity index is 818. The van der Waals surface area contributed by atoms with Crippen molar-refractivity contribution in [1.29, 1.82) is 4.78 Å². The lowest BCUT2D eigenvalue weighted by atomic mass is 9.85. The molecule has 0 aliphatic carbocycles. The van der Waals surface area contributed by atoms with Crippen LogP contribution in [-0.4, -0.2) is 29.7 Å². The second-order valence-electron chi connectivity index (χ2n) is 5.92. The van der Waals surface area contributed by atoms with E-state index in [4.69, 9.17) is 16.4 Å². The second-order valence-corrected chi connectivity index (χ2v) is 8.35. The van der Waals surface area contributed by atoms with E-state index in [0.717, 1.165) is 23.7 Å². The van der Waals surface area contributed by atoms with Gasteiger partial charge in [0.05, 0.1) is 4.90 Å². The van der Waals surface area contributed by atoms with Crippen molar-refractivity contribution < 1.29 is 4.21 Å². The predicted molar refractivity (Wildman–Crippen MR) is 94.3 cm³/mol. The average Bonchev–Trinajstić information content (AvgIpc) is 2.54. The van der Waals surface area contributed by atoms with Crippen LogP contribution in [0.3, 0.4) is 0 Å². The van der Waals surface area contributed by atoms with Crippen molar-refractivity contribution in [1.82, 2.24) is 9.62 Å². The summed E-state index contributed by atoms with van der Waals surface area (Å²) in [7, 11) is 0.742. The maximum Gasteiger partial charge on any atom is 0.134 e. The molecule has 0 bridgehead atoms. The Balaban J connectivity index is 2.01. The highest BCUT2D eigenvalue weighted by molar-refractivity contribution is 7.90. The zero-order chi connectivity index (χ0) is 16.6. The molecule has 0 fully saturated rings. The van der Waals surface area contributed by atoms with Gasteiger partial charge < -0.3 is 4.90 Å². The molecule has 2 unspecified atom stereocenters. The zero-order valence-electron chi connectivity index (χ0n) is 13.2. The molecular weight excluding hydrogens is 330 g/mol. The maximum atomic E-state index is 12.1. The van der Waals surface area contributed by atoms with E-state index >= 15 is 0 Å². The summed E-state index contributed by atoms with van der Waals surface area (Å²) in [5.74, 6) is 0.230. The Hall–Kier alpha value is -1.40. The standard InChI is InChI=1S/C17H20ClN3OS/c1-20-23(19,22)15-7-4-12(5-8-15)17-11-21(2)10-13-3-6-14(18)9-16(13)17/h3-9,17H,10-11H2,1-2H3,(H2,19,20,22). The van der Waals surface area contributed by atoms with E-state index in [-0.39, 0.29) is 5.92 Å². The van der Waals surface area contributed by atoms with Crippen LogP contribution in [0.25, 0.3) is 0 Å². The first-order valence-corrected chi connectivity index (χ1v) is 9.38. The Labute approximate surface area is 142 Å². The van der Waals surface area contributed by atoms with Gasteiger partial charge in [0, 0.05) is 24.0 Å². The first kappa shape index (κ1) is 16.5. The van der Waals surface area contributed by atoms with Gasteiger partial charge in [0.2, 0.25) is 0 Å². The molecule has 2 aromatic rings. The molecular formula is C17H20ClN3OS. The molecule has 1 aliphatic heterocycles. The average molecular weight is 350 g/mol. The van der Waals surface area contributed by atoms with Gasteiger partial charge in [-0.2, -0.15) is 0 Å². The number of hydrogen-bond acceptors (Lipinski definition) is 3. The van der Waals surface area contributed by atoms with Crippen LogP contribution >= 0.6 is 11.6 Å². The zero-order valence-corrected chi connectivity index (χ0v) is 14.7. The summed E-state index contributed by atoms with van der Waals surface area (Å²) in [4.78, 5) is 2.79. The predicted octanol–water partition coefficient (Wildman–Crippen LogP) is 3.46. The highest BCUT2D eigenvalue weighted by Crippen LogP contribution is 2.34. The minimum Gasteiger partial charge on any atom is -0.301 e. The van der Waals surface area contributed by atoms with Crippen LogP contribution in [-0.2, 0) is 16.5 Å². The number of rotatable bonds is 3. The van der Waals surface area contributed by atoms with Gasteiger partial charge in [-0.1, -0.05) is 29.8 Å². The van der Waals surface area contributed by atoms with Gasteiger partial charge in [-0.25, -0.2) is 13.7 Å². The van der Waals surface area contributed by atoms with E-state index in [2.05, 4.69) is 22.7 Å². The van der Waals surface area contributed by atoms with Crippen molar-refractivity contribution in [3.05, 3.63) is 64.2 Å². The monoisotopic (exact) mass is 349 g/mol. The van der Waals surface area contributed by atoms with E-state index in [1.807, 2.05) is 24.3 Å². The van der Waals surface area contributed by atoms with Crippen molar-refractivity contribution in [2.75, 3.05) is 20.6 Å². The van der Waals surface area contributed by atoms with Crippen LogP contribution in [0.1, 0.15) is 22.6 Å². The molecule has 3 rings (SSSR count). The third kappa shape index (κ3) is 3.28. The first-order chi connectivity index (χ1) is 10.9. The third-order valence-corrected chi connectivity index (χ3v) is 6.07. The second kappa shape index (κ2) is 6.24. The van der Waals surface area contributed by atoms with Crippen LogP contribution in [0.4, 0.5) is 0 Å². The van der Waals surface area contributed by atoms with Gasteiger partial charge in [0.15, 0.2) is 0 Å². The summed E-state index contributed by atoms with van der Waals surface area (Å²) in [6.45, 7) is 1.83. The number of benzene rings is 2. The minimum atomic E-state index is -2.91. The SMILES string of the molecule is CNS(=N)(=O)c1ccc(C2CN(C)Cc3ccc(Cl)cc32)cc1. The molecule has 0 radical (unpaired) electrons. The first-order valence-electron chi connectivity index (χ1n) is 7.45. The van der Waals surface area contributed by atoms with E-state index in [1.165, 1.54) is 18.2 Å². The summed E-state index contributed by atoms with van der Waals surface area (Å²) >= 11 is 6.19. The molecule has 2 aromatic carbocycles. The highest BCUT2D eigenvalue weighted by Gasteiger charge is 2.25. The lowest BCUT2D eigenvalue weighted by Gasteiger charge is -2.32. The molecule has 122 valence electrons. The molecule has 0 saturated carbocycles. The van der Waals surface area contributed by atoms with Crippen LogP contribution in [0.5, 0.6) is 0 Å². The third-order valence-electron chi connectivity index (χ3n) is 4.32. The summed E-state index contributed by atoms with van der Waals surface area (Å²) in [5.41, 5.74) is 3.69.